The van der Waals surface area contributed by atoms with Crippen LogP contribution in [0.4, 0.5) is 5.69 Å². The van der Waals surface area contributed by atoms with Gasteiger partial charge in [-0.15, -0.1) is 0 Å². The number of benzene rings is 1. The van der Waals surface area contributed by atoms with E-state index in [1.165, 1.54) is 29.6 Å². The summed E-state index contributed by atoms with van der Waals surface area (Å²) in [6.45, 7) is 6.21. The Labute approximate surface area is 184 Å². The summed E-state index contributed by atoms with van der Waals surface area (Å²) in [6.07, 6.45) is 13.8. The van der Waals surface area contributed by atoms with Gasteiger partial charge in [-0.2, -0.15) is 0 Å². The summed E-state index contributed by atoms with van der Waals surface area (Å²) in [6, 6.07) is 4.23. The van der Waals surface area contributed by atoms with Crippen molar-refractivity contribution in [2.45, 2.75) is 26.2 Å². The Morgan fingerprint density at radius 3 is 2.65 bits per heavy atom. The number of allylic oxidation sites excluding steroid dienone is 3. The van der Waals surface area contributed by atoms with Gasteiger partial charge in [0.05, 0.1) is 11.4 Å². The molecule has 1 aromatic carbocycles. The van der Waals surface area contributed by atoms with Crippen molar-refractivity contribution in [1.82, 2.24) is 15.1 Å². The molecule has 31 heavy (non-hydrogen) atoms. The molecule has 2 fully saturated rings. The van der Waals surface area contributed by atoms with Gasteiger partial charge in [-0.25, -0.2) is 4.99 Å². The van der Waals surface area contributed by atoms with E-state index in [0.29, 0.717) is 0 Å². The summed E-state index contributed by atoms with van der Waals surface area (Å²) >= 11 is 0. The van der Waals surface area contributed by atoms with Gasteiger partial charge in [0.25, 0.3) is 0 Å². The predicted molar refractivity (Wildman–Crippen MR) is 128 cm³/mol. The van der Waals surface area contributed by atoms with E-state index in [1.54, 1.807) is 0 Å². The summed E-state index contributed by atoms with van der Waals surface area (Å²) in [5.41, 5.74) is 9.09. The number of aryl methyl sites for hydroxylation is 1. The lowest BCUT2D eigenvalue weighted by Crippen LogP contribution is -2.44. The van der Waals surface area contributed by atoms with E-state index in [0.717, 1.165) is 72.9 Å². The molecular weight excluding hydrogens is 384 g/mol. The molecule has 1 aliphatic carbocycles. The van der Waals surface area contributed by atoms with E-state index in [2.05, 4.69) is 63.9 Å². The van der Waals surface area contributed by atoms with E-state index in [1.807, 2.05) is 7.05 Å². The molecule has 4 aliphatic rings. The van der Waals surface area contributed by atoms with Crippen molar-refractivity contribution in [2.75, 3.05) is 38.5 Å². The molecule has 3 heterocycles. The quantitative estimate of drug-likeness (QED) is 0.655. The third-order valence-corrected chi connectivity index (χ3v) is 6.55. The van der Waals surface area contributed by atoms with Crippen molar-refractivity contribution >= 4 is 23.4 Å². The van der Waals surface area contributed by atoms with Crippen LogP contribution in [0.3, 0.4) is 0 Å². The van der Waals surface area contributed by atoms with Gasteiger partial charge >= 0.3 is 0 Å². The summed E-state index contributed by atoms with van der Waals surface area (Å²) in [5.74, 6) is 0.970. The van der Waals surface area contributed by atoms with Crippen LogP contribution in [0.15, 0.2) is 58.5 Å². The molecule has 6 heteroatoms. The predicted octanol–water partition coefficient (Wildman–Crippen LogP) is 3.84. The van der Waals surface area contributed by atoms with Crippen LogP contribution in [0, 0.1) is 12.3 Å². The molecule has 0 atom stereocenters. The van der Waals surface area contributed by atoms with Gasteiger partial charge in [-0.3, -0.25) is 4.90 Å². The van der Waals surface area contributed by atoms with Gasteiger partial charge in [-0.1, -0.05) is 0 Å². The fourth-order valence-corrected chi connectivity index (χ4v) is 4.68. The van der Waals surface area contributed by atoms with E-state index >= 15 is 0 Å². The zero-order valence-electron chi connectivity index (χ0n) is 18.3. The maximum Gasteiger partial charge on any atom is 0.137 e. The second kappa shape index (κ2) is 8.19. The van der Waals surface area contributed by atoms with Crippen molar-refractivity contribution in [3.05, 3.63) is 70.2 Å². The smallest absolute Gasteiger partial charge is 0.137 e. The molecule has 1 saturated heterocycles. The molecule has 0 bridgehead atoms. The molecule has 3 N–H and O–H groups in total. The van der Waals surface area contributed by atoms with Gasteiger partial charge < -0.3 is 20.9 Å². The minimum atomic E-state index is 0.888. The van der Waals surface area contributed by atoms with Crippen LogP contribution in [0.5, 0.6) is 0 Å². The molecule has 5 rings (SSSR count). The lowest BCUT2D eigenvalue weighted by Gasteiger charge is -2.37. The Balaban J connectivity index is 1.55. The first-order valence-corrected chi connectivity index (χ1v) is 11.2. The highest BCUT2D eigenvalue weighted by atomic mass is 15.3. The maximum atomic E-state index is 7.84. The third kappa shape index (κ3) is 3.61. The molecular formula is C25H30N6. The van der Waals surface area contributed by atoms with Gasteiger partial charge in [0, 0.05) is 68.2 Å². The normalized spacial score (nSPS) is 20.5. The van der Waals surface area contributed by atoms with Crippen molar-refractivity contribution in [2.24, 2.45) is 4.99 Å². The fraction of sp³-hybridized carbons (Fsp3) is 0.360. The Bertz CT molecular complexity index is 1060. The first-order chi connectivity index (χ1) is 15.2. The van der Waals surface area contributed by atoms with Crippen LogP contribution in [0.1, 0.15) is 36.0 Å². The van der Waals surface area contributed by atoms with Gasteiger partial charge in [0.1, 0.15) is 5.84 Å². The average Bonchev–Trinajstić information content (AvgIpc) is 2.77. The lowest BCUT2D eigenvalue weighted by molar-refractivity contribution is 0.303. The van der Waals surface area contributed by atoms with E-state index in [9.17, 15) is 0 Å². The number of aliphatic imine (C=N–C) groups is 1. The summed E-state index contributed by atoms with van der Waals surface area (Å²) < 4.78 is 0. The standard InChI is InChI=1S/C25H30N6/c1-17-12-19(13-20(15-26)25(17)27-2)22-14-23(18-4-3-5-18)31-16-21(6-7-24(31)29-22)30-10-8-28-9-11-30/h6-7,12-16,26-28H,3-5,8-11H2,1-2H3. The zero-order chi connectivity index (χ0) is 21.4. The Hall–Kier alpha value is -3.12. The molecule has 1 aromatic rings. The van der Waals surface area contributed by atoms with Crippen LogP contribution >= 0.6 is 0 Å². The SMILES string of the molecule is CNc1c(C)cc(C2=CC(=C3CCC3)N3C=C(N4CCNCC4)C=CC3=N2)cc1C=N. The van der Waals surface area contributed by atoms with Gasteiger partial charge in [-0.05, 0) is 67.7 Å². The molecule has 6 nitrogen and oxygen atoms in total. The van der Waals surface area contributed by atoms with Gasteiger partial charge in [0.15, 0.2) is 0 Å². The number of piperazine rings is 1. The Morgan fingerprint density at radius 2 is 1.97 bits per heavy atom. The first kappa shape index (κ1) is 19.8. The molecule has 0 aromatic heterocycles. The first-order valence-electron chi connectivity index (χ1n) is 11.2. The number of hydrogen-bond donors (Lipinski definition) is 3. The lowest BCUT2D eigenvalue weighted by atomic mass is 9.88. The number of hydrogen-bond acceptors (Lipinski definition) is 6. The molecule has 160 valence electrons. The van der Waals surface area contributed by atoms with Crippen molar-refractivity contribution in [3.8, 4) is 0 Å². The van der Waals surface area contributed by atoms with E-state index in [-0.39, 0.29) is 0 Å². The van der Waals surface area contributed by atoms with Crippen LogP contribution < -0.4 is 10.6 Å². The minimum Gasteiger partial charge on any atom is -0.387 e. The van der Waals surface area contributed by atoms with E-state index in [4.69, 9.17) is 10.4 Å². The summed E-state index contributed by atoms with van der Waals surface area (Å²) in [4.78, 5) is 9.75. The topological polar surface area (TPSA) is 66.8 Å². The second-order valence-corrected chi connectivity index (χ2v) is 8.49. The zero-order valence-corrected chi connectivity index (χ0v) is 18.3. The molecule has 0 radical (unpaired) electrons. The summed E-state index contributed by atoms with van der Waals surface area (Å²) in [5, 5.41) is 14.5. The van der Waals surface area contributed by atoms with Crippen LogP contribution in [-0.2, 0) is 0 Å². The fourth-order valence-electron chi connectivity index (χ4n) is 4.68. The van der Waals surface area contributed by atoms with Crippen molar-refractivity contribution < 1.29 is 0 Å². The number of amidine groups is 1. The Morgan fingerprint density at radius 1 is 1.16 bits per heavy atom. The number of fused-ring (bicyclic) bond motifs is 1. The highest BCUT2D eigenvalue weighted by molar-refractivity contribution is 6.02. The van der Waals surface area contributed by atoms with Crippen molar-refractivity contribution in [1.29, 1.82) is 5.41 Å². The third-order valence-electron chi connectivity index (χ3n) is 6.55. The highest BCUT2D eigenvalue weighted by Gasteiger charge is 2.27. The van der Waals surface area contributed by atoms with Crippen LogP contribution in [-0.4, -0.2) is 55.1 Å². The largest absolute Gasteiger partial charge is 0.387 e. The summed E-state index contributed by atoms with van der Waals surface area (Å²) in [7, 11) is 1.90. The Kier molecular flexibility index (Phi) is 5.24. The average molecular weight is 415 g/mol. The highest BCUT2D eigenvalue weighted by Crippen LogP contribution is 2.38. The van der Waals surface area contributed by atoms with E-state index < -0.39 is 0 Å². The molecule has 0 spiro atoms. The molecule has 1 saturated carbocycles. The molecule has 3 aliphatic heterocycles. The maximum absolute atomic E-state index is 7.84. The second-order valence-electron chi connectivity index (χ2n) is 8.49. The van der Waals surface area contributed by atoms with Crippen LogP contribution in [0.25, 0.3) is 5.70 Å². The van der Waals surface area contributed by atoms with Crippen LogP contribution in [0.2, 0.25) is 0 Å². The number of anilines is 1. The number of nitrogens with one attached hydrogen (secondary N) is 3. The van der Waals surface area contributed by atoms with Gasteiger partial charge in [0.2, 0.25) is 0 Å². The number of rotatable bonds is 4. The van der Waals surface area contributed by atoms with Crippen molar-refractivity contribution in [3.63, 3.8) is 0 Å². The number of nitrogens with zero attached hydrogens (tertiary/aromatic N) is 3. The molecule has 0 amide bonds. The minimum absolute atomic E-state index is 0.888. The molecule has 0 unspecified atom stereocenters. The monoisotopic (exact) mass is 414 g/mol.